The third-order valence-corrected chi connectivity index (χ3v) is 2.26. The van der Waals surface area contributed by atoms with Gasteiger partial charge in [-0.25, -0.2) is 0 Å². The highest BCUT2D eigenvalue weighted by molar-refractivity contribution is 9.10. The average molecular weight is 231 g/mol. The summed E-state index contributed by atoms with van der Waals surface area (Å²) < 4.78 is 6.10. The fourth-order valence-electron chi connectivity index (χ4n) is 0.996. The smallest absolute Gasteiger partial charge is 0.136 e. The Morgan fingerprint density at radius 1 is 1.36 bits per heavy atom. The first-order chi connectivity index (χ1) is 5.27. The monoisotopic (exact) mass is 230 g/mol. The van der Waals surface area contributed by atoms with Crippen LogP contribution in [-0.2, 0) is 0 Å². The molecule has 3 heteroatoms. The number of hydrogen-bond acceptors (Lipinski definition) is 1. The molecule has 56 valence electrons. The normalized spacial score (nSPS) is 10.7. The lowest BCUT2D eigenvalue weighted by Gasteiger charge is -1.93. The molecule has 0 fully saturated rings. The maximum atomic E-state index is 5.91. The van der Waals surface area contributed by atoms with Crippen LogP contribution in [0.5, 0.6) is 0 Å². The molecule has 0 radical (unpaired) electrons. The molecule has 0 bridgehead atoms. The minimum Gasteiger partial charge on any atom is -0.464 e. The van der Waals surface area contributed by atoms with E-state index in [1.165, 1.54) is 0 Å². The molecule has 0 N–H and O–H groups in total. The lowest BCUT2D eigenvalue weighted by molar-refractivity contribution is 0.615. The molecule has 1 aromatic heterocycles. The van der Waals surface area contributed by atoms with E-state index in [-0.39, 0.29) is 0 Å². The molecule has 0 aliphatic heterocycles. The van der Waals surface area contributed by atoms with Crippen LogP contribution in [0.2, 0.25) is 5.02 Å². The predicted molar refractivity (Wildman–Crippen MR) is 48.9 cm³/mol. The van der Waals surface area contributed by atoms with Crippen molar-refractivity contribution in [1.82, 2.24) is 0 Å². The Morgan fingerprint density at radius 2 is 2.18 bits per heavy atom. The highest BCUT2D eigenvalue weighted by atomic mass is 79.9. The van der Waals surface area contributed by atoms with E-state index in [0.717, 1.165) is 15.4 Å². The molecule has 0 spiro atoms. The Morgan fingerprint density at radius 3 is 3.00 bits per heavy atom. The minimum absolute atomic E-state index is 0.711. The van der Waals surface area contributed by atoms with Crippen molar-refractivity contribution in [3.05, 3.63) is 34.0 Å². The van der Waals surface area contributed by atoms with E-state index in [0.29, 0.717) is 5.02 Å². The Labute approximate surface area is 77.1 Å². The molecule has 0 atom stereocenters. The average Bonchev–Trinajstić information content (AvgIpc) is 2.34. The number of furan rings is 1. The maximum absolute atomic E-state index is 5.91. The summed E-state index contributed by atoms with van der Waals surface area (Å²) in [6.45, 7) is 0. The van der Waals surface area contributed by atoms with Crippen molar-refractivity contribution < 1.29 is 4.42 Å². The van der Waals surface area contributed by atoms with Crippen molar-refractivity contribution in [2.75, 3.05) is 0 Å². The van der Waals surface area contributed by atoms with Crippen molar-refractivity contribution in [2.24, 2.45) is 0 Å². The van der Waals surface area contributed by atoms with Gasteiger partial charge in [0.1, 0.15) is 5.58 Å². The molecule has 0 amide bonds. The fraction of sp³-hybridized carbons (Fsp3) is 0. The van der Waals surface area contributed by atoms with Gasteiger partial charge in [-0.2, -0.15) is 0 Å². The molecule has 0 unspecified atom stereocenters. The van der Waals surface area contributed by atoms with Gasteiger partial charge in [-0.15, -0.1) is 0 Å². The Balaban J connectivity index is 2.91. The Kier molecular flexibility index (Phi) is 1.66. The van der Waals surface area contributed by atoms with Crippen LogP contribution in [0.3, 0.4) is 0 Å². The van der Waals surface area contributed by atoms with Crippen molar-refractivity contribution in [1.29, 1.82) is 0 Å². The number of fused-ring (bicyclic) bond motifs is 1. The summed E-state index contributed by atoms with van der Waals surface area (Å²) in [6.07, 6.45) is 1.63. The van der Waals surface area contributed by atoms with E-state index in [1.54, 1.807) is 6.26 Å². The fourth-order valence-corrected chi connectivity index (χ4v) is 1.84. The van der Waals surface area contributed by atoms with E-state index in [1.807, 2.05) is 18.2 Å². The molecule has 2 aromatic rings. The second kappa shape index (κ2) is 2.54. The highest BCUT2D eigenvalue weighted by Gasteiger charge is 2.02. The Bertz CT molecular complexity index is 394. The standard InChI is InChI=1S/C8H4BrClO/c9-5-3-7(10)6-1-2-11-8(6)4-5/h1-4H. The van der Waals surface area contributed by atoms with Crippen molar-refractivity contribution >= 4 is 38.5 Å². The van der Waals surface area contributed by atoms with Gasteiger partial charge < -0.3 is 4.42 Å². The molecule has 1 heterocycles. The topological polar surface area (TPSA) is 13.1 Å². The first-order valence-corrected chi connectivity index (χ1v) is 4.27. The lowest BCUT2D eigenvalue weighted by Crippen LogP contribution is -1.67. The van der Waals surface area contributed by atoms with Gasteiger partial charge in [0.25, 0.3) is 0 Å². The van der Waals surface area contributed by atoms with E-state index < -0.39 is 0 Å². The summed E-state index contributed by atoms with van der Waals surface area (Å²) in [5.41, 5.74) is 0.810. The number of hydrogen-bond donors (Lipinski definition) is 0. The minimum atomic E-state index is 0.711. The van der Waals surface area contributed by atoms with E-state index in [9.17, 15) is 0 Å². The van der Waals surface area contributed by atoms with Crippen molar-refractivity contribution in [2.45, 2.75) is 0 Å². The Hall–Kier alpha value is -0.470. The molecule has 0 aliphatic rings. The van der Waals surface area contributed by atoms with Crippen LogP contribution in [0.25, 0.3) is 11.0 Å². The largest absolute Gasteiger partial charge is 0.464 e. The molecule has 1 aromatic carbocycles. The summed E-state index contributed by atoms with van der Waals surface area (Å²) in [5, 5.41) is 1.66. The number of benzene rings is 1. The zero-order valence-electron chi connectivity index (χ0n) is 5.47. The van der Waals surface area contributed by atoms with E-state index in [4.69, 9.17) is 16.0 Å². The van der Waals surface area contributed by atoms with E-state index in [2.05, 4.69) is 15.9 Å². The molecule has 0 saturated carbocycles. The van der Waals surface area contributed by atoms with Crippen LogP contribution in [-0.4, -0.2) is 0 Å². The van der Waals surface area contributed by atoms with Crippen molar-refractivity contribution in [3.63, 3.8) is 0 Å². The number of rotatable bonds is 0. The van der Waals surface area contributed by atoms with Crippen LogP contribution in [0, 0.1) is 0 Å². The zero-order chi connectivity index (χ0) is 7.84. The van der Waals surface area contributed by atoms with Crippen molar-refractivity contribution in [3.8, 4) is 0 Å². The third kappa shape index (κ3) is 1.17. The SMILES string of the molecule is Clc1cc(Br)cc2occc12. The van der Waals surface area contributed by atoms with Crippen LogP contribution in [0.4, 0.5) is 0 Å². The molecule has 2 rings (SSSR count). The van der Waals surface area contributed by atoms with Crippen LogP contribution in [0.15, 0.2) is 33.4 Å². The quantitative estimate of drug-likeness (QED) is 0.671. The van der Waals surface area contributed by atoms with Gasteiger partial charge in [-0.1, -0.05) is 27.5 Å². The molecular formula is C8H4BrClO. The predicted octanol–water partition coefficient (Wildman–Crippen LogP) is 3.85. The number of halogens is 2. The van der Waals surface area contributed by atoms with Crippen LogP contribution in [0.1, 0.15) is 0 Å². The molecule has 0 aliphatic carbocycles. The third-order valence-electron chi connectivity index (χ3n) is 1.49. The first kappa shape index (κ1) is 7.19. The van der Waals surface area contributed by atoms with Gasteiger partial charge in [-0.3, -0.25) is 0 Å². The van der Waals surface area contributed by atoms with Gasteiger partial charge in [0.15, 0.2) is 0 Å². The first-order valence-electron chi connectivity index (χ1n) is 3.09. The van der Waals surface area contributed by atoms with Gasteiger partial charge in [-0.05, 0) is 18.2 Å². The molecule has 1 nitrogen and oxygen atoms in total. The van der Waals surface area contributed by atoms with Gasteiger partial charge in [0.2, 0.25) is 0 Å². The maximum Gasteiger partial charge on any atom is 0.136 e. The summed E-state index contributed by atoms with van der Waals surface area (Å²) in [6, 6.07) is 5.59. The van der Waals surface area contributed by atoms with Gasteiger partial charge >= 0.3 is 0 Å². The molecular weight excluding hydrogens is 227 g/mol. The van der Waals surface area contributed by atoms with Crippen LogP contribution >= 0.6 is 27.5 Å². The van der Waals surface area contributed by atoms with Gasteiger partial charge in [0, 0.05) is 9.86 Å². The highest BCUT2D eigenvalue weighted by Crippen LogP contribution is 2.28. The van der Waals surface area contributed by atoms with E-state index >= 15 is 0 Å². The summed E-state index contributed by atoms with van der Waals surface area (Å²) in [7, 11) is 0. The lowest BCUT2D eigenvalue weighted by atomic mass is 10.3. The summed E-state index contributed by atoms with van der Waals surface area (Å²) >= 11 is 9.24. The van der Waals surface area contributed by atoms with Crippen LogP contribution < -0.4 is 0 Å². The second-order valence-corrected chi connectivity index (χ2v) is 3.54. The summed E-state index contributed by atoms with van der Waals surface area (Å²) in [5.74, 6) is 0. The molecule has 0 saturated heterocycles. The second-order valence-electron chi connectivity index (χ2n) is 2.22. The summed E-state index contributed by atoms with van der Waals surface area (Å²) in [4.78, 5) is 0. The van der Waals surface area contributed by atoms with Gasteiger partial charge in [0.05, 0.1) is 11.3 Å². The molecule has 11 heavy (non-hydrogen) atoms. The zero-order valence-corrected chi connectivity index (χ0v) is 7.82.